The number of nitrogens with zero attached hydrogens (tertiary/aromatic N) is 1. The number of rotatable bonds is 2. The van der Waals surface area contributed by atoms with Crippen LogP contribution in [0.3, 0.4) is 0 Å². The van der Waals surface area contributed by atoms with Crippen LogP contribution in [0.25, 0.3) is 10.8 Å². The molecule has 0 radical (unpaired) electrons. The highest BCUT2D eigenvalue weighted by Gasteiger charge is 2.13. The van der Waals surface area contributed by atoms with E-state index in [0.717, 1.165) is 0 Å². The first-order valence-electron chi connectivity index (χ1n) is 6.25. The van der Waals surface area contributed by atoms with Gasteiger partial charge >= 0.3 is 0 Å². The Balaban J connectivity index is 2.03. The summed E-state index contributed by atoms with van der Waals surface area (Å²) >= 11 is 3.32. The van der Waals surface area contributed by atoms with Gasteiger partial charge in [-0.05, 0) is 39.5 Å². The van der Waals surface area contributed by atoms with Crippen LogP contribution in [-0.2, 0) is 0 Å². The van der Waals surface area contributed by atoms with Crippen LogP contribution in [0.5, 0.6) is 0 Å². The lowest BCUT2D eigenvalue weighted by atomic mass is 10.0. The van der Waals surface area contributed by atoms with Crippen molar-refractivity contribution in [2.45, 2.75) is 0 Å². The number of nitrogens with one attached hydrogen (secondary N) is 1. The van der Waals surface area contributed by atoms with Gasteiger partial charge in [0.05, 0.1) is 10.2 Å². The zero-order chi connectivity index (χ0) is 14.8. The van der Waals surface area contributed by atoms with Crippen molar-refractivity contribution in [3.05, 3.63) is 70.7 Å². The highest BCUT2D eigenvalue weighted by molar-refractivity contribution is 9.10. The third-order valence-electron chi connectivity index (χ3n) is 3.14. The Morgan fingerprint density at radius 1 is 1.10 bits per heavy atom. The number of benzene rings is 2. The van der Waals surface area contributed by atoms with Crippen LogP contribution in [0.1, 0.15) is 10.4 Å². The van der Waals surface area contributed by atoms with Crippen LogP contribution in [-0.4, -0.2) is 10.9 Å². The Labute approximate surface area is 128 Å². The van der Waals surface area contributed by atoms with E-state index in [2.05, 4.69) is 26.2 Å². The van der Waals surface area contributed by atoms with E-state index in [1.54, 1.807) is 42.7 Å². The molecule has 0 aliphatic rings. The van der Waals surface area contributed by atoms with Crippen molar-refractivity contribution in [1.29, 1.82) is 0 Å². The van der Waals surface area contributed by atoms with Gasteiger partial charge in [0.25, 0.3) is 5.91 Å². The molecule has 2 aromatic carbocycles. The third kappa shape index (κ3) is 2.64. The van der Waals surface area contributed by atoms with E-state index < -0.39 is 0 Å². The molecule has 0 aliphatic heterocycles. The monoisotopic (exact) mass is 344 g/mol. The highest BCUT2D eigenvalue weighted by Crippen LogP contribution is 2.25. The van der Waals surface area contributed by atoms with Gasteiger partial charge < -0.3 is 5.32 Å². The Hall–Kier alpha value is -2.27. The molecule has 0 saturated heterocycles. The molecule has 1 heterocycles. The summed E-state index contributed by atoms with van der Waals surface area (Å²) in [5.41, 5.74) is 1.04. The van der Waals surface area contributed by atoms with Gasteiger partial charge in [-0.3, -0.25) is 9.78 Å². The van der Waals surface area contributed by atoms with Gasteiger partial charge in [0.2, 0.25) is 0 Å². The summed E-state index contributed by atoms with van der Waals surface area (Å²) in [7, 11) is 0. The molecule has 0 unspecified atom stereocenters. The molecule has 0 atom stereocenters. The van der Waals surface area contributed by atoms with E-state index in [1.165, 1.54) is 12.1 Å². The van der Waals surface area contributed by atoms with E-state index in [-0.39, 0.29) is 11.7 Å². The fourth-order valence-electron chi connectivity index (χ4n) is 2.13. The van der Waals surface area contributed by atoms with E-state index in [9.17, 15) is 9.18 Å². The van der Waals surface area contributed by atoms with Crippen molar-refractivity contribution >= 4 is 38.3 Å². The molecule has 0 bridgehead atoms. The topological polar surface area (TPSA) is 42.0 Å². The molecule has 104 valence electrons. The van der Waals surface area contributed by atoms with Crippen LogP contribution >= 0.6 is 15.9 Å². The number of aromatic nitrogens is 1. The molecule has 3 nitrogen and oxygen atoms in total. The van der Waals surface area contributed by atoms with Gasteiger partial charge in [0.15, 0.2) is 0 Å². The van der Waals surface area contributed by atoms with Gasteiger partial charge in [-0.25, -0.2) is 4.39 Å². The van der Waals surface area contributed by atoms with E-state index >= 15 is 0 Å². The lowest BCUT2D eigenvalue weighted by Gasteiger charge is -2.09. The lowest BCUT2D eigenvalue weighted by Crippen LogP contribution is -2.13. The van der Waals surface area contributed by atoms with Gasteiger partial charge in [-0.2, -0.15) is 0 Å². The van der Waals surface area contributed by atoms with Gasteiger partial charge in [-0.1, -0.05) is 24.3 Å². The van der Waals surface area contributed by atoms with Crippen molar-refractivity contribution in [1.82, 2.24) is 4.98 Å². The first-order valence-corrected chi connectivity index (χ1v) is 7.04. The quantitative estimate of drug-likeness (QED) is 0.749. The number of amides is 1. The zero-order valence-electron chi connectivity index (χ0n) is 10.8. The minimum atomic E-state index is -0.341. The summed E-state index contributed by atoms with van der Waals surface area (Å²) < 4.78 is 14.5. The average molecular weight is 345 g/mol. The molecule has 0 aliphatic carbocycles. The summed E-state index contributed by atoms with van der Waals surface area (Å²) in [6.45, 7) is 0. The Morgan fingerprint density at radius 2 is 1.86 bits per heavy atom. The molecule has 5 heteroatoms. The van der Waals surface area contributed by atoms with Crippen LogP contribution < -0.4 is 5.32 Å². The minimum Gasteiger partial charge on any atom is -0.321 e. The van der Waals surface area contributed by atoms with Crippen molar-refractivity contribution in [2.75, 3.05) is 5.32 Å². The van der Waals surface area contributed by atoms with Crippen molar-refractivity contribution in [3.63, 3.8) is 0 Å². The summed E-state index contributed by atoms with van der Waals surface area (Å²) in [6, 6.07) is 11.4. The Bertz CT molecular complexity index is 835. The molecular formula is C16H10BrFN2O. The highest BCUT2D eigenvalue weighted by atomic mass is 79.9. The maximum Gasteiger partial charge on any atom is 0.256 e. The van der Waals surface area contributed by atoms with Crippen molar-refractivity contribution in [3.8, 4) is 0 Å². The smallest absolute Gasteiger partial charge is 0.256 e. The fraction of sp³-hybridized carbons (Fsp3) is 0. The second-order valence-electron chi connectivity index (χ2n) is 4.45. The maximum absolute atomic E-state index is 13.8. The fourth-order valence-corrected chi connectivity index (χ4v) is 2.48. The summed E-state index contributed by atoms with van der Waals surface area (Å²) in [4.78, 5) is 16.4. The van der Waals surface area contributed by atoms with Crippen LogP contribution in [0.2, 0.25) is 0 Å². The predicted molar refractivity (Wildman–Crippen MR) is 83.8 cm³/mol. The maximum atomic E-state index is 13.8. The first-order chi connectivity index (χ1) is 10.2. The summed E-state index contributed by atoms with van der Waals surface area (Å²) in [5, 5.41) is 3.80. The number of hydrogen-bond acceptors (Lipinski definition) is 2. The third-order valence-corrected chi connectivity index (χ3v) is 3.77. The van der Waals surface area contributed by atoms with E-state index in [4.69, 9.17) is 0 Å². The van der Waals surface area contributed by atoms with Gasteiger partial charge in [0.1, 0.15) is 5.82 Å². The second kappa shape index (κ2) is 5.61. The molecule has 3 aromatic rings. The normalized spacial score (nSPS) is 10.6. The van der Waals surface area contributed by atoms with Gasteiger partial charge in [-0.15, -0.1) is 0 Å². The van der Waals surface area contributed by atoms with Gasteiger partial charge in [0, 0.05) is 23.3 Å². The van der Waals surface area contributed by atoms with Crippen LogP contribution in [0, 0.1) is 5.82 Å². The number of hydrogen-bond donors (Lipinski definition) is 1. The SMILES string of the molecule is O=C(Nc1ccncc1Br)c1ccc(F)c2ccccc12. The largest absolute Gasteiger partial charge is 0.321 e. The molecule has 1 N–H and O–H groups in total. The number of carbonyl (C=O) groups excluding carboxylic acids is 1. The summed E-state index contributed by atoms with van der Waals surface area (Å²) in [6.07, 6.45) is 3.18. The number of pyridine rings is 1. The predicted octanol–water partition coefficient (Wildman–Crippen LogP) is 4.39. The molecule has 1 aromatic heterocycles. The standard InChI is InChI=1S/C16H10BrFN2O/c17-13-9-19-8-7-15(13)20-16(21)12-5-6-14(18)11-4-2-1-3-10(11)12/h1-9H,(H,19,20,21). The van der Waals surface area contributed by atoms with Crippen LogP contribution in [0.4, 0.5) is 10.1 Å². The van der Waals surface area contributed by atoms with E-state index in [1.807, 2.05) is 0 Å². The van der Waals surface area contributed by atoms with Crippen LogP contribution in [0.15, 0.2) is 59.3 Å². The number of fused-ring (bicyclic) bond motifs is 1. The second-order valence-corrected chi connectivity index (χ2v) is 5.30. The molecule has 3 rings (SSSR count). The van der Waals surface area contributed by atoms with Crippen molar-refractivity contribution in [2.24, 2.45) is 0 Å². The number of anilines is 1. The molecule has 0 fully saturated rings. The average Bonchev–Trinajstić information content (AvgIpc) is 2.50. The number of halogens is 2. The molecule has 21 heavy (non-hydrogen) atoms. The van der Waals surface area contributed by atoms with E-state index in [0.29, 0.717) is 26.5 Å². The molecule has 0 saturated carbocycles. The first kappa shape index (κ1) is 13.7. The van der Waals surface area contributed by atoms with Crippen molar-refractivity contribution < 1.29 is 9.18 Å². The zero-order valence-corrected chi connectivity index (χ0v) is 12.4. The summed E-state index contributed by atoms with van der Waals surface area (Å²) in [5.74, 6) is -0.634. The molecule has 0 spiro atoms. The minimum absolute atomic E-state index is 0.293. The number of carbonyl (C=O) groups is 1. The Kier molecular flexibility index (Phi) is 3.66. The molecular weight excluding hydrogens is 335 g/mol. The molecule has 1 amide bonds. The Morgan fingerprint density at radius 3 is 2.62 bits per heavy atom. The lowest BCUT2D eigenvalue weighted by molar-refractivity contribution is 0.102.